The van der Waals surface area contributed by atoms with Crippen LogP contribution >= 0.6 is 0 Å². The molecule has 0 spiro atoms. The third kappa shape index (κ3) is 3.37. The maximum absolute atomic E-state index is 12.5. The van der Waals surface area contributed by atoms with Crippen LogP contribution in [0, 0.1) is 0 Å². The molecular formula is C23H17NO3. The maximum Gasteiger partial charge on any atom is 0.335 e. The van der Waals surface area contributed by atoms with Gasteiger partial charge in [-0.15, -0.1) is 0 Å². The Morgan fingerprint density at radius 2 is 1.56 bits per heavy atom. The molecule has 0 radical (unpaired) electrons. The Labute approximate surface area is 156 Å². The minimum atomic E-state index is -0.969. The summed E-state index contributed by atoms with van der Waals surface area (Å²) in [5.74, 6) is -0.969. The summed E-state index contributed by atoms with van der Waals surface area (Å²) in [7, 11) is 0. The standard InChI is InChI=1S/C23H17NO3/c25-22-7-3-6-21(18-10-12-19(13-11-18)23(26)27)24(22)15-16-8-9-17-4-1-2-5-20(17)14-16/h1-14H,15H2,(H,26,27). The second-order valence-corrected chi connectivity index (χ2v) is 6.40. The Morgan fingerprint density at radius 3 is 2.30 bits per heavy atom. The van der Waals surface area contributed by atoms with E-state index in [0.29, 0.717) is 6.54 Å². The number of hydrogen-bond donors (Lipinski definition) is 1. The van der Waals surface area contributed by atoms with Gasteiger partial charge in [0, 0.05) is 6.07 Å². The van der Waals surface area contributed by atoms with Gasteiger partial charge >= 0.3 is 5.97 Å². The number of hydrogen-bond acceptors (Lipinski definition) is 2. The van der Waals surface area contributed by atoms with Crippen molar-refractivity contribution in [2.75, 3.05) is 0 Å². The average Bonchev–Trinajstić information content (AvgIpc) is 2.69. The Bertz CT molecular complexity index is 1190. The SMILES string of the molecule is O=C(O)c1ccc(-c2cccc(=O)n2Cc2ccc3ccccc3c2)cc1. The molecule has 0 aliphatic rings. The van der Waals surface area contributed by atoms with Crippen LogP contribution in [0.5, 0.6) is 0 Å². The van der Waals surface area contributed by atoms with Crippen LogP contribution < -0.4 is 5.56 Å². The van der Waals surface area contributed by atoms with E-state index in [1.807, 2.05) is 24.3 Å². The molecule has 1 aromatic heterocycles. The topological polar surface area (TPSA) is 59.3 Å². The molecule has 0 saturated heterocycles. The molecule has 3 aromatic carbocycles. The molecule has 0 unspecified atom stereocenters. The molecule has 0 atom stereocenters. The molecule has 0 amide bonds. The van der Waals surface area contributed by atoms with Crippen molar-refractivity contribution in [3.8, 4) is 11.3 Å². The second-order valence-electron chi connectivity index (χ2n) is 6.40. The van der Waals surface area contributed by atoms with E-state index in [9.17, 15) is 9.59 Å². The predicted octanol–water partition coefficient (Wildman–Crippen LogP) is 4.42. The highest BCUT2D eigenvalue weighted by Gasteiger charge is 2.09. The van der Waals surface area contributed by atoms with E-state index in [1.54, 1.807) is 34.9 Å². The van der Waals surface area contributed by atoms with Gasteiger partial charge in [0.25, 0.3) is 5.56 Å². The number of carboxylic acid groups (broad SMARTS) is 1. The molecule has 0 bridgehead atoms. The first kappa shape index (κ1) is 16.8. The molecule has 0 aliphatic carbocycles. The van der Waals surface area contributed by atoms with E-state index >= 15 is 0 Å². The van der Waals surface area contributed by atoms with Gasteiger partial charge in [0.1, 0.15) is 0 Å². The Balaban J connectivity index is 1.76. The first-order valence-electron chi connectivity index (χ1n) is 8.63. The highest BCUT2D eigenvalue weighted by Crippen LogP contribution is 2.21. The van der Waals surface area contributed by atoms with Gasteiger partial charge in [0.05, 0.1) is 17.8 Å². The summed E-state index contributed by atoms with van der Waals surface area (Å²) in [6, 6.07) is 26.0. The van der Waals surface area contributed by atoms with Gasteiger partial charge in [-0.1, -0.05) is 54.6 Å². The van der Waals surface area contributed by atoms with Gasteiger partial charge in [-0.2, -0.15) is 0 Å². The van der Waals surface area contributed by atoms with Gasteiger partial charge in [0.15, 0.2) is 0 Å². The fourth-order valence-electron chi connectivity index (χ4n) is 3.24. The van der Waals surface area contributed by atoms with E-state index < -0.39 is 5.97 Å². The first-order chi connectivity index (χ1) is 13.1. The van der Waals surface area contributed by atoms with Crippen LogP contribution in [-0.2, 0) is 6.54 Å². The molecule has 27 heavy (non-hydrogen) atoms. The summed E-state index contributed by atoms with van der Waals surface area (Å²) in [5, 5.41) is 11.4. The largest absolute Gasteiger partial charge is 0.478 e. The monoisotopic (exact) mass is 355 g/mol. The highest BCUT2D eigenvalue weighted by atomic mass is 16.4. The van der Waals surface area contributed by atoms with Crippen molar-refractivity contribution in [3.63, 3.8) is 0 Å². The number of fused-ring (bicyclic) bond motifs is 1. The zero-order chi connectivity index (χ0) is 18.8. The fourth-order valence-corrected chi connectivity index (χ4v) is 3.24. The molecule has 0 fully saturated rings. The minimum Gasteiger partial charge on any atom is -0.478 e. The molecule has 0 saturated carbocycles. The van der Waals surface area contributed by atoms with Crippen molar-refractivity contribution < 1.29 is 9.90 Å². The third-order valence-electron chi connectivity index (χ3n) is 4.63. The van der Waals surface area contributed by atoms with Crippen molar-refractivity contribution in [1.82, 2.24) is 4.57 Å². The highest BCUT2D eigenvalue weighted by molar-refractivity contribution is 5.88. The van der Waals surface area contributed by atoms with Crippen LogP contribution in [-0.4, -0.2) is 15.6 Å². The summed E-state index contributed by atoms with van der Waals surface area (Å²) in [6.07, 6.45) is 0. The van der Waals surface area contributed by atoms with E-state index in [2.05, 4.69) is 24.3 Å². The van der Waals surface area contributed by atoms with Crippen LogP contribution in [0.4, 0.5) is 0 Å². The number of benzene rings is 3. The first-order valence-corrected chi connectivity index (χ1v) is 8.63. The number of pyridine rings is 1. The van der Waals surface area contributed by atoms with Crippen molar-refractivity contribution in [2.45, 2.75) is 6.54 Å². The van der Waals surface area contributed by atoms with Crippen LogP contribution in [0.25, 0.3) is 22.0 Å². The number of aromatic nitrogens is 1. The molecule has 1 heterocycles. The number of nitrogens with zero attached hydrogens (tertiary/aromatic N) is 1. The molecule has 0 aliphatic heterocycles. The molecular weight excluding hydrogens is 338 g/mol. The summed E-state index contributed by atoms with van der Waals surface area (Å²) in [4.78, 5) is 23.6. The zero-order valence-corrected chi connectivity index (χ0v) is 14.5. The van der Waals surface area contributed by atoms with E-state index in [0.717, 1.165) is 27.6 Å². The van der Waals surface area contributed by atoms with Gasteiger partial charge in [-0.3, -0.25) is 4.79 Å². The van der Waals surface area contributed by atoms with Crippen LogP contribution in [0.1, 0.15) is 15.9 Å². The van der Waals surface area contributed by atoms with Crippen molar-refractivity contribution in [1.29, 1.82) is 0 Å². The normalized spacial score (nSPS) is 10.8. The third-order valence-corrected chi connectivity index (χ3v) is 4.63. The van der Waals surface area contributed by atoms with Crippen molar-refractivity contribution >= 4 is 16.7 Å². The average molecular weight is 355 g/mol. The van der Waals surface area contributed by atoms with Crippen LogP contribution in [0.3, 0.4) is 0 Å². The van der Waals surface area contributed by atoms with E-state index in [-0.39, 0.29) is 11.1 Å². The maximum atomic E-state index is 12.5. The van der Waals surface area contributed by atoms with E-state index in [4.69, 9.17) is 5.11 Å². The molecule has 4 heteroatoms. The smallest absolute Gasteiger partial charge is 0.335 e. The zero-order valence-electron chi connectivity index (χ0n) is 14.5. The quantitative estimate of drug-likeness (QED) is 0.590. The summed E-state index contributed by atoms with van der Waals surface area (Å²) in [6.45, 7) is 0.445. The lowest BCUT2D eigenvalue weighted by molar-refractivity contribution is 0.0697. The number of carbonyl (C=O) groups is 1. The second kappa shape index (κ2) is 6.92. The summed E-state index contributed by atoms with van der Waals surface area (Å²) < 4.78 is 1.71. The number of aromatic carboxylic acids is 1. The molecule has 4 rings (SSSR count). The summed E-state index contributed by atoms with van der Waals surface area (Å²) in [5.41, 5.74) is 2.72. The van der Waals surface area contributed by atoms with Crippen molar-refractivity contribution in [2.24, 2.45) is 0 Å². The van der Waals surface area contributed by atoms with Crippen LogP contribution in [0.2, 0.25) is 0 Å². The lowest BCUT2D eigenvalue weighted by Crippen LogP contribution is -2.21. The van der Waals surface area contributed by atoms with Gasteiger partial charge in [-0.25, -0.2) is 4.79 Å². The molecule has 4 aromatic rings. The van der Waals surface area contributed by atoms with E-state index in [1.165, 1.54) is 6.07 Å². The lowest BCUT2D eigenvalue weighted by Gasteiger charge is -2.14. The Hall–Kier alpha value is -3.66. The Morgan fingerprint density at radius 1 is 0.815 bits per heavy atom. The molecule has 132 valence electrons. The van der Waals surface area contributed by atoms with Gasteiger partial charge < -0.3 is 9.67 Å². The van der Waals surface area contributed by atoms with Gasteiger partial charge in [-0.05, 0) is 46.2 Å². The number of carboxylic acids is 1. The number of rotatable bonds is 4. The molecule has 1 N–H and O–H groups in total. The van der Waals surface area contributed by atoms with Gasteiger partial charge in [0.2, 0.25) is 0 Å². The Kier molecular flexibility index (Phi) is 4.30. The molecule has 4 nitrogen and oxygen atoms in total. The summed E-state index contributed by atoms with van der Waals surface area (Å²) >= 11 is 0. The van der Waals surface area contributed by atoms with Crippen LogP contribution in [0.15, 0.2) is 89.7 Å². The van der Waals surface area contributed by atoms with Crippen molar-refractivity contribution in [3.05, 3.63) is 106 Å². The lowest BCUT2D eigenvalue weighted by atomic mass is 10.1. The minimum absolute atomic E-state index is 0.0945. The predicted molar refractivity (Wildman–Crippen MR) is 106 cm³/mol. The fraction of sp³-hybridized carbons (Fsp3) is 0.0435.